The highest BCUT2D eigenvalue weighted by atomic mass is 35.5. The molecule has 19 heavy (non-hydrogen) atoms. The largest absolute Gasteiger partial charge is 0.310 e. The van der Waals surface area contributed by atoms with Gasteiger partial charge in [-0.25, -0.2) is 9.67 Å². The summed E-state index contributed by atoms with van der Waals surface area (Å²) in [5, 5.41) is 5.38. The van der Waals surface area contributed by atoms with Gasteiger partial charge in [0, 0.05) is 5.02 Å². The van der Waals surface area contributed by atoms with E-state index in [0.29, 0.717) is 28.4 Å². The minimum Gasteiger partial charge on any atom is -0.310 e. The number of aromatic nitrogens is 4. The predicted molar refractivity (Wildman–Crippen MR) is 73.4 cm³/mol. The summed E-state index contributed by atoms with van der Waals surface area (Å²) in [5.74, 6) is 0.574. The third kappa shape index (κ3) is 2.24. The fourth-order valence-electron chi connectivity index (χ4n) is 2.00. The fraction of sp³-hybridized carbons (Fsp3) is 0.154. The van der Waals surface area contributed by atoms with Crippen LogP contribution in [0, 0.1) is 6.92 Å². The molecular formula is C13H11ClN4O. The summed E-state index contributed by atoms with van der Waals surface area (Å²) in [6, 6.07) is 7.53. The number of nitrogens with one attached hydrogen (secondary N) is 1. The molecule has 1 N–H and O–H groups in total. The molecule has 2 aromatic heterocycles. The minimum absolute atomic E-state index is 0.167. The Hall–Kier alpha value is -2.14. The maximum Gasteiger partial charge on any atom is 0.262 e. The van der Waals surface area contributed by atoms with E-state index >= 15 is 0 Å². The molecule has 0 saturated heterocycles. The third-order valence-corrected chi connectivity index (χ3v) is 3.08. The van der Waals surface area contributed by atoms with E-state index in [-0.39, 0.29) is 5.56 Å². The first-order valence-corrected chi connectivity index (χ1v) is 6.18. The van der Waals surface area contributed by atoms with Gasteiger partial charge in [-0.3, -0.25) is 4.79 Å². The van der Waals surface area contributed by atoms with Gasteiger partial charge in [-0.1, -0.05) is 23.7 Å². The van der Waals surface area contributed by atoms with Crippen LogP contribution in [0.15, 0.2) is 35.3 Å². The van der Waals surface area contributed by atoms with Crippen molar-refractivity contribution in [2.45, 2.75) is 13.5 Å². The first-order valence-electron chi connectivity index (χ1n) is 5.80. The lowest BCUT2D eigenvalue weighted by atomic mass is 10.2. The summed E-state index contributed by atoms with van der Waals surface area (Å²) in [7, 11) is 0. The summed E-state index contributed by atoms with van der Waals surface area (Å²) < 4.78 is 1.70. The normalized spacial score (nSPS) is 11.1. The number of aromatic amines is 1. The summed E-state index contributed by atoms with van der Waals surface area (Å²) in [6.45, 7) is 2.28. The maximum absolute atomic E-state index is 11.7. The first-order chi connectivity index (χ1) is 9.13. The lowest BCUT2D eigenvalue weighted by molar-refractivity contribution is 0.702. The zero-order valence-electron chi connectivity index (χ0n) is 10.2. The summed E-state index contributed by atoms with van der Waals surface area (Å²) in [6.07, 6.45) is 1.53. The Labute approximate surface area is 113 Å². The van der Waals surface area contributed by atoms with Crippen LogP contribution in [0.2, 0.25) is 5.02 Å². The molecule has 0 fully saturated rings. The second kappa shape index (κ2) is 4.51. The molecule has 0 bridgehead atoms. The van der Waals surface area contributed by atoms with E-state index in [1.807, 2.05) is 24.3 Å². The van der Waals surface area contributed by atoms with Gasteiger partial charge in [0.2, 0.25) is 0 Å². The van der Waals surface area contributed by atoms with E-state index in [9.17, 15) is 4.79 Å². The number of rotatable bonds is 2. The van der Waals surface area contributed by atoms with Gasteiger partial charge >= 0.3 is 0 Å². The number of hydrogen-bond acceptors (Lipinski definition) is 3. The van der Waals surface area contributed by atoms with Gasteiger partial charge in [-0.15, -0.1) is 0 Å². The van der Waals surface area contributed by atoms with Crippen molar-refractivity contribution >= 4 is 22.6 Å². The SMILES string of the molecule is Cc1nc2c(cnn2Cc2cccc(Cl)c2)c(=O)[nH]1. The Balaban J connectivity index is 2.09. The van der Waals surface area contributed by atoms with Crippen LogP contribution in [0.1, 0.15) is 11.4 Å². The standard InChI is InChI=1S/C13H11ClN4O/c1-8-16-12-11(13(19)17-8)6-15-18(12)7-9-3-2-4-10(14)5-9/h2-6H,7H2,1H3,(H,16,17,19). The van der Waals surface area contributed by atoms with Crippen molar-refractivity contribution in [1.29, 1.82) is 0 Å². The topological polar surface area (TPSA) is 63.6 Å². The van der Waals surface area contributed by atoms with Crippen LogP contribution in [0.25, 0.3) is 11.0 Å². The summed E-state index contributed by atoms with van der Waals surface area (Å²) in [5.41, 5.74) is 1.43. The highest BCUT2D eigenvalue weighted by Gasteiger charge is 2.09. The molecule has 0 aliphatic carbocycles. The number of aryl methyl sites for hydroxylation is 1. The molecule has 3 rings (SSSR count). The van der Waals surface area contributed by atoms with Crippen LogP contribution >= 0.6 is 11.6 Å². The van der Waals surface area contributed by atoms with Crippen molar-refractivity contribution < 1.29 is 0 Å². The number of fused-ring (bicyclic) bond motifs is 1. The summed E-state index contributed by atoms with van der Waals surface area (Å²) in [4.78, 5) is 18.7. The van der Waals surface area contributed by atoms with Gasteiger partial charge in [-0.05, 0) is 24.6 Å². The van der Waals surface area contributed by atoms with Crippen molar-refractivity contribution in [2.75, 3.05) is 0 Å². The molecule has 0 saturated carbocycles. The molecule has 0 aliphatic rings. The van der Waals surface area contributed by atoms with E-state index in [1.54, 1.807) is 11.6 Å². The number of benzene rings is 1. The number of halogens is 1. The Morgan fingerprint density at radius 3 is 3.05 bits per heavy atom. The van der Waals surface area contributed by atoms with E-state index in [0.717, 1.165) is 5.56 Å². The molecule has 0 radical (unpaired) electrons. The number of nitrogens with zero attached hydrogens (tertiary/aromatic N) is 3. The third-order valence-electron chi connectivity index (χ3n) is 2.85. The van der Waals surface area contributed by atoms with Crippen molar-refractivity contribution in [3.05, 3.63) is 57.2 Å². The van der Waals surface area contributed by atoms with Crippen molar-refractivity contribution in [3.63, 3.8) is 0 Å². The van der Waals surface area contributed by atoms with Gasteiger partial charge in [-0.2, -0.15) is 5.10 Å². The fourth-order valence-corrected chi connectivity index (χ4v) is 2.21. The second-order valence-corrected chi connectivity index (χ2v) is 4.76. The minimum atomic E-state index is -0.167. The smallest absolute Gasteiger partial charge is 0.262 e. The van der Waals surface area contributed by atoms with E-state index in [2.05, 4.69) is 15.1 Å². The molecule has 0 spiro atoms. The zero-order chi connectivity index (χ0) is 13.4. The van der Waals surface area contributed by atoms with Crippen LogP contribution in [-0.4, -0.2) is 19.7 Å². The highest BCUT2D eigenvalue weighted by Crippen LogP contribution is 2.13. The number of hydrogen-bond donors (Lipinski definition) is 1. The molecule has 6 heteroatoms. The zero-order valence-corrected chi connectivity index (χ0v) is 11.0. The number of H-pyrrole nitrogens is 1. The van der Waals surface area contributed by atoms with Crippen LogP contribution in [-0.2, 0) is 6.54 Å². The van der Waals surface area contributed by atoms with E-state index in [1.165, 1.54) is 6.20 Å². The predicted octanol–water partition coefficient (Wildman–Crippen LogP) is 2.13. The van der Waals surface area contributed by atoms with Crippen LogP contribution in [0.5, 0.6) is 0 Å². The van der Waals surface area contributed by atoms with Crippen LogP contribution in [0.3, 0.4) is 0 Å². The van der Waals surface area contributed by atoms with Crippen molar-refractivity contribution in [2.24, 2.45) is 0 Å². The Kier molecular flexibility index (Phi) is 2.83. The quantitative estimate of drug-likeness (QED) is 0.779. The molecule has 3 aromatic rings. The van der Waals surface area contributed by atoms with Crippen LogP contribution in [0.4, 0.5) is 0 Å². The highest BCUT2D eigenvalue weighted by molar-refractivity contribution is 6.30. The molecule has 1 aromatic carbocycles. The van der Waals surface area contributed by atoms with Gasteiger partial charge in [0.05, 0.1) is 12.7 Å². The van der Waals surface area contributed by atoms with Crippen molar-refractivity contribution in [3.8, 4) is 0 Å². The Morgan fingerprint density at radius 1 is 1.42 bits per heavy atom. The van der Waals surface area contributed by atoms with Gasteiger partial charge < -0.3 is 4.98 Å². The molecule has 5 nitrogen and oxygen atoms in total. The first kappa shape index (κ1) is 11.9. The maximum atomic E-state index is 11.7. The molecule has 0 aliphatic heterocycles. The molecular weight excluding hydrogens is 264 g/mol. The van der Waals surface area contributed by atoms with E-state index in [4.69, 9.17) is 11.6 Å². The second-order valence-electron chi connectivity index (χ2n) is 4.32. The molecule has 2 heterocycles. The van der Waals surface area contributed by atoms with Crippen molar-refractivity contribution in [1.82, 2.24) is 19.7 Å². The summed E-state index contributed by atoms with van der Waals surface area (Å²) >= 11 is 5.95. The lowest BCUT2D eigenvalue weighted by Crippen LogP contribution is -2.11. The van der Waals surface area contributed by atoms with Gasteiger partial charge in [0.15, 0.2) is 5.65 Å². The Bertz CT molecular complexity index is 806. The molecule has 0 unspecified atom stereocenters. The van der Waals surface area contributed by atoms with E-state index < -0.39 is 0 Å². The van der Waals surface area contributed by atoms with Crippen LogP contribution < -0.4 is 5.56 Å². The molecule has 96 valence electrons. The monoisotopic (exact) mass is 274 g/mol. The molecule has 0 amide bonds. The van der Waals surface area contributed by atoms with Gasteiger partial charge in [0.25, 0.3) is 5.56 Å². The lowest BCUT2D eigenvalue weighted by Gasteiger charge is -2.04. The average molecular weight is 275 g/mol. The average Bonchev–Trinajstić information content (AvgIpc) is 2.73. The Morgan fingerprint density at radius 2 is 2.26 bits per heavy atom. The van der Waals surface area contributed by atoms with Gasteiger partial charge in [0.1, 0.15) is 11.2 Å². The molecule has 0 atom stereocenters.